The van der Waals surface area contributed by atoms with E-state index in [0.717, 1.165) is 33.5 Å². The summed E-state index contributed by atoms with van der Waals surface area (Å²) in [6.45, 7) is 2.23. The van der Waals surface area contributed by atoms with Gasteiger partial charge in [-0.1, -0.05) is 53.2 Å². The second-order valence-electron chi connectivity index (χ2n) is 5.60. The summed E-state index contributed by atoms with van der Waals surface area (Å²) < 4.78 is 5.89. The van der Waals surface area contributed by atoms with E-state index in [0.29, 0.717) is 0 Å². The number of amidine groups is 1. The molecular formula is C19H19BrN2O2. The predicted octanol–water partition coefficient (Wildman–Crippen LogP) is 4.47. The number of nitrogens with zero attached hydrogens (tertiary/aromatic N) is 2. The van der Waals surface area contributed by atoms with Crippen LogP contribution in [0.3, 0.4) is 0 Å². The van der Waals surface area contributed by atoms with Gasteiger partial charge in [-0.05, 0) is 23.8 Å². The highest BCUT2D eigenvalue weighted by atomic mass is 79.9. The second kappa shape index (κ2) is 7.18. The zero-order valence-corrected chi connectivity index (χ0v) is 15.3. The van der Waals surface area contributed by atoms with E-state index in [1.807, 2.05) is 35.2 Å². The van der Waals surface area contributed by atoms with Gasteiger partial charge in [0.25, 0.3) is 0 Å². The highest BCUT2D eigenvalue weighted by Crippen LogP contribution is 2.40. The van der Waals surface area contributed by atoms with E-state index >= 15 is 0 Å². The number of methoxy groups -OCH3 is 1. The Morgan fingerprint density at radius 2 is 2.00 bits per heavy atom. The Morgan fingerprint density at radius 3 is 2.67 bits per heavy atom. The van der Waals surface area contributed by atoms with Crippen LogP contribution >= 0.6 is 15.9 Å². The molecule has 1 atom stereocenters. The number of fused-ring (bicyclic) bond motifs is 1. The second-order valence-corrected chi connectivity index (χ2v) is 6.52. The van der Waals surface area contributed by atoms with Crippen molar-refractivity contribution in [1.29, 1.82) is 0 Å². The molecule has 0 aromatic heterocycles. The van der Waals surface area contributed by atoms with Crippen LogP contribution in [-0.2, 0) is 9.53 Å². The van der Waals surface area contributed by atoms with Crippen LogP contribution in [0.1, 0.15) is 30.5 Å². The molecule has 1 heterocycles. The summed E-state index contributed by atoms with van der Waals surface area (Å²) in [5, 5.41) is 0. The highest BCUT2D eigenvalue weighted by molar-refractivity contribution is 9.10. The summed E-state index contributed by atoms with van der Waals surface area (Å²) >= 11 is 3.55. The maximum absolute atomic E-state index is 12.0. The van der Waals surface area contributed by atoms with Gasteiger partial charge in [-0.15, -0.1) is 0 Å². The molecule has 2 aromatic rings. The fourth-order valence-electron chi connectivity index (χ4n) is 3.03. The van der Waals surface area contributed by atoms with Crippen molar-refractivity contribution in [3.8, 4) is 0 Å². The molecule has 0 saturated carbocycles. The molecule has 124 valence electrons. The molecular weight excluding hydrogens is 368 g/mol. The molecule has 0 unspecified atom stereocenters. The van der Waals surface area contributed by atoms with E-state index in [4.69, 9.17) is 9.73 Å². The lowest BCUT2D eigenvalue weighted by Crippen LogP contribution is -2.41. The van der Waals surface area contributed by atoms with Crippen LogP contribution in [0.2, 0.25) is 0 Å². The molecule has 3 rings (SSSR count). The van der Waals surface area contributed by atoms with Crippen molar-refractivity contribution in [3.63, 3.8) is 0 Å². The third kappa shape index (κ3) is 3.22. The van der Waals surface area contributed by atoms with Gasteiger partial charge in [-0.2, -0.15) is 0 Å². The summed E-state index contributed by atoms with van der Waals surface area (Å²) in [5.74, 6) is 0.625. The van der Waals surface area contributed by atoms with Crippen LogP contribution in [0, 0.1) is 0 Å². The molecule has 24 heavy (non-hydrogen) atoms. The normalized spacial score (nSPS) is 16.4. The minimum absolute atomic E-state index is 0.0646. The number of carbonyl (C=O) groups excluding carboxylic acids is 1. The van der Waals surface area contributed by atoms with Gasteiger partial charge in [0, 0.05) is 16.5 Å². The summed E-state index contributed by atoms with van der Waals surface area (Å²) in [7, 11) is 1.41. The van der Waals surface area contributed by atoms with Gasteiger partial charge in [-0.25, -0.2) is 4.99 Å². The molecule has 0 spiro atoms. The zero-order valence-electron chi connectivity index (χ0n) is 13.7. The van der Waals surface area contributed by atoms with Crippen LogP contribution in [-0.4, -0.2) is 30.4 Å². The Kier molecular flexibility index (Phi) is 5.00. The summed E-state index contributed by atoms with van der Waals surface area (Å²) in [4.78, 5) is 18.8. The van der Waals surface area contributed by atoms with Crippen molar-refractivity contribution in [2.75, 3.05) is 13.7 Å². The van der Waals surface area contributed by atoms with Crippen LogP contribution < -0.4 is 0 Å². The van der Waals surface area contributed by atoms with Crippen molar-refractivity contribution in [3.05, 3.63) is 64.1 Å². The molecule has 1 aliphatic heterocycles. The smallest absolute Gasteiger partial charge is 0.325 e. The van der Waals surface area contributed by atoms with Gasteiger partial charge >= 0.3 is 5.97 Å². The van der Waals surface area contributed by atoms with Crippen molar-refractivity contribution in [2.24, 2.45) is 4.99 Å². The number of halogens is 1. The van der Waals surface area contributed by atoms with E-state index in [2.05, 4.69) is 41.1 Å². The fourth-order valence-corrected chi connectivity index (χ4v) is 3.41. The molecule has 0 fully saturated rings. The molecule has 0 amide bonds. The van der Waals surface area contributed by atoms with Crippen LogP contribution in [0.15, 0.2) is 58.0 Å². The Morgan fingerprint density at radius 1 is 1.25 bits per heavy atom. The monoisotopic (exact) mass is 386 g/mol. The number of carbonyl (C=O) groups is 1. The lowest BCUT2D eigenvalue weighted by atomic mass is 9.93. The molecule has 4 nitrogen and oxygen atoms in total. The van der Waals surface area contributed by atoms with Crippen molar-refractivity contribution < 1.29 is 9.53 Å². The molecule has 0 N–H and O–H groups in total. The highest BCUT2D eigenvalue weighted by Gasteiger charge is 2.32. The maximum Gasteiger partial charge on any atom is 0.325 e. The number of ether oxygens (including phenoxy) is 1. The van der Waals surface area contributed by atoms with E-state index in [-0.39, 0.29) is 18.6 Å². The minimum Gasteiger partial charge on any atom is -0.468 e. The van der Waals surface area contributed by atoms with Crippen molar-refractivity contribution in [1.82, 2.24) is 4.90 Å². The third-order valence-electron chi connectivity index (χ3n) is 4.14. The number of hydrogen-bond donors (Lipinski definition) is 0. The summed E-state index contributed by atoms with van der Waals surface area (Å²) in [6, 6.07) is 16.2. The van der Waals surface area contributed by atoms with Gasteiger partial charge in [0.2, 0.25) is 0 Å². The maximum atomic E-state index is 12.0. The molecule has 0 saturated heterocycles. The van der Waals surface area contributed by atoms with Crippen LogP contribution in [0.4, 0.5) is 5.69 Å². The van der Waals surface area contributed by atoms with Crippen molar-refractivity contribution in [2.45, 2.75) is 19.4 Å². The SMILES string of the molecule is CCC1=Nc2ccc(Br)cc2[C@@H](c2ccccc2)N1CC(=O)OC. The Hall–Kier alpha value is -2.14. The number of esters is 1. The van der Waals surface area contributed by atoms with E-state index in [1.165, 1.54) is 7.11 Å². The van der Waals surface area contributed by atoms with Gasteiger partial charge in [-0.3, -0.25) is 4.79 Å². The van der Waals surface area contributed by atoms with Crippen LogP contribution in [0.5, 0.6) is 0 Å². The average molecular weight is 387 g/mol. The first kappa shape index (κ1) is 16.7. The minimum atomic E-state index is -0.268. The molecule has 0 bridgehead atoms. The molecule has 5 heteroatoms. The van der Waals surface area contributed by atoms with E-state index in [9.17, 15) is 4.79 Å². The first-order valence-electron chi connectivity index (χ1n) is 7.89. The quantitative estimate of drug-likeness (QED) is 0.728. The van der Waals surface area contributed by atoms with Gasteiger partial charge in [0.15, 0.2) is 0 Å². The predicted molar refractivity (Wildman–Crippen MR) is 98.5 cm³/mol. The molecule has 1 aliphatic rings. The first-order chi connectivity index (χ1) is 11.6. The Labute approximate surface area is 150 Å². The summed E-state index contributed by atoms with van der Waals surface area (Å²) in [6.07, 6.45) is 0.746. The molecule has 0 aliphatic carbocycles. The van der Waals surface area contributed by atoms with Crippen molar-refractivity contribution >= 4 is 33.4 Å². The Bertz CT molecular complexity index is 774. The standard InChI is InChI=1S/C19H19BrN2O2/c1-3-17-21-16-10-9-14(20)11-15(16)19(13-7-5-4-6-8-13)22(17)12-18(23)24-2/h4-11,19H,3,12H2,1-2H3/t19-/m1/s1. The lowest BCUT2D eigenvalue weighted by molar-refractivity contribution is -0.141. The van der Waals surface area contributed by atoms with Gasteiger partial charge in [0.05, 0.1) is 18.8 Å². The van der Waals surface area contributed by atoms with E-state index < -0.39 is 0 Å². The van der Waals surface area contributed by atoms with Gasteiger partial charge in [0.1, 0.15) is 12.4 Å². The first-order valence-corrected chi connectivity index (χ1v) is 8.68. The van der Waals surface area contributed by atoms with Gasteiger partial charge < -0.3 is 9.64 Å². The fraction of sp³-hybridized carbons (Fsp3) is 0.263. The molecule has 0 radical (unpaired) electrons. The lowest BCUT2D eigenvalue weighted by Gasteiger charge is -2.38. The average Bonchev–Trinajstić information content (AvgIpc) is 2.61. The van der Waals surface area contributed by atoms with E-state index in [1.54, 1.807) is 0 Å². The topological polar surface area (TPSA) is 41.9 Å². The third-order valence-corrected chi connectivity index (χ3v) is 4.63. The number of rotatable bonds is 4. The number of benzene rings is 2. The Balaban J connectivity index is 2.16. The zero-order chi connectivity index (χ0) is 17.1. The largest absolute Gasteiger partial charge is 0.468 e. The summed E-state index contributed by atoms with van der Waals surface area (Å²) in [5.41, 5.74) is 3.16. The number of hydrogen-bond acceptors (Lipinski definition) is 4. The van der Waals surface area contributed by atoms with Crippen LogP contribution in [0.25, 0.3) is 0 Å². The number of aliphatic imine (C=N–C) groups is 1. The molecule has 2 aromatic carbocycles.